The molecule has 1 saturated heterocycles. The number of fused-ring (bicyclic) bond motifs is 3. The van der Waals surface area contributed by atoms with E-state index in [2.05, 4.69) is 42.5 Å². The van der Waals surface area contributed by atoms with Gasteiger partial charge in [-0.3, -0.25) is 4.79 Å². The van der Waals surface area contributed by atoms with E-state index in [1.807, 2.05) is 30.3 Å². The van der Waals surface area contributed by atoms with Crippen molar-refractivity contribution in [3.8, 4) is 11.1 Å². The Morgan fingerprint density at radius 3 is 2.53 bits per heavy atom. The van der Waals surface area contributed by atoms with E-state index in [1.54, 1.807) is 4.90 Å². The molecule has 1 aliphatic carbocycles. The van der Waals surface area contributed by atoms with Crippen LogP contribution in [0, 0.1) is 0 Å². The first kappa shape index (κ1) is 21.1. The summed E-state index contributed by atoms with van der Waals surface area (Å²) in [7, 11) is 0. The summed E-state index contributed by atoms with van der Waals surface area (Å²) in [6.45, 7) is 1.97. The van der Waals surface area contributed by atoms with Crippen molar-refractivity contribution in [1.82, 2.24) is 4.90 Å². The van der Waals surface area contributed by atoms with E-state index in [4.69, 9.17) is 9.47 Å². The first-order valence-electron chi connectivity index (χ1n) is 11.9. The number of benzene rings is 3. The molecular weight excluding hydrogens is 426 g/mol. The highest BCUT2D eigenvalue weighted by Gasteiger charge is 2.34. The van der Waals surface area contributed by atoms with E-state index in [0.29, 0.717) is 18.8 Å². The number of carbonyl (C=O) groups excluding carboxylic acids is 1. The van der Waals surface area contributed by atoms with Crippen LogP contribution in [-0.4, -0.2) is 35.3 Å². The Balaban J connectivity index is 1.23. The lowest BCUT2D eigenvalue weighted by molar-refractivity contribution is -0.152. The van der Waals surface area contributed by atoms with Crippen molar-refractivity contribution in [3.63, 3.8) is 0 Å². The molecule has 3 aliphatic rings. The van der Waals surface area contributed by atoms with Gasteiger partial charge < -0.3 is 19.5 Å². The van der Waals surface area contributed by atoms with E-state index < -0.39 is 6.29 Å². The summed E-state index contributed by atoms with van der Waals surface area (Å²) in [5, 5.41) is 9.25. The zero-order valence-electron chi connectivity index (χ0n) is 18.9. The van der Waals surface area contributed by atoms with Crippen LogP contribution in [0.4, 0.5) is 0 Å². The Morgan fingerprint density at radius 2 is 1.74 bits per heavy atom. The van der Waals surface area contributed by atoms with Gasteiger partial charge in [-0.05, 0) is 51.4 Å². The van der Waals surface area contributed by atoms with Gasteiger partial charge in [-0.1, -0.05) is 66.7 Å². The number of aliphatic hydroxyl groups is 1. The lowest BCUT2D eigenvalue weighted by atomic mass is 9.90. The third-order valence-electron chi connectivity index (χ3n) is 6.89. The summed E-state index contributed by atoms with van der Waals surface area (Å²) < 4.78 is 12.1. The number of hydrogen-bond acceptors (Lipinski definition) is 4. The Labute approximate surface area is 199 Å². The zero-order chi connectivity index (χ0) is 23.1. The molecule has 3 aromatic carbocycles. The lowest BCUT2D eigenvalue weighted by Crippen LogP contribution is -2.29. The van der Waals surface area contributed by atoms with Gasteiger partial charge in [0.05, 0.1) is 13.2 Å². The van der Waals surface area contributed by atoms with Crippen molar-refractivity contribution < 1.29 is 19.4 Å². The predicted molar refractivity (Wildman–Crippen MR) is 129 cm³/mol. The Hall–Kier alpha value is -3.41. The molecule has 0 bridgehead atoms. The molecule has 1 fully saturated rings. The smallest absolute Gasteiger partial charge is 0.288 e. The summed E-state index contributed by atoms with van der Waals surface area (Å²) in [5.41, 5.74) is 8.37. The molecule has 34 heavy (non-hydrogen) atoms. The van der Waals surface area contributed by atoms with Gasteiger partial charge in [0.25, 0.3) is 5.91 Å². The van der Waals surface area contributed by atoms with Crippen molar-refractivity contribution in [2.45, 2.75) is 38.3 Å². The van der Waals surface area contributed by atoms with Crippen LogP contribution < -0.4 is 0 Å². The molecule has 2 heterocycles. The molecule has 0 saturated carbocycles. The quantitative estimate of drug-likeness (QED) is 0.436. The number of nitrogens with zero attached hydrogens (tertiary/aromatic N) is 1. The highest BCUT2D eigenvalue weighted by Crippen LogP contribution is 2.40. The van der Waals surface area contributed by atoms with E-state index in [1.165, 1.54) is 27.8 Å². The van der Waals surface area contributed by atoms with Crippen LogP contribution in [0.2, 0.25) is 0 Å². The van der Waals surface area contributed by atoms with E-state index in [9.17, 15) is 9.90 Å². The molecule has 172 valence electrons. The van der Waals surface area contributed by atoms with Crippen molar-refractivity contribution in [2.75, 3.05) is 13.1 Å². The summed E-state index contributed by atoms with van der Waals surface area (Å²) in [6, 6.07) is 22.9. The number of hydrogen-bond donors (Lipinski definition) is 1. The van der Waals surface area contributed by atoms with Gasteiger partial charge in [-0.2, -0.15) is 0 Å². The lowest BCUT2D eigenvalue weighted by Gasteiger charge is -2.29. The van der Waals surface area contributed by atoms with Crippen LogP contribution in [0.3, 0.4) is 0 Å². The average molecular weight is 454 g/mol. The van der Waals surface area contributed by atoms with E-state index in [0.717, 1.165) is 30.6 Å². The van der Waals surface area contributed by atoms with Crippen LogP contribution in [-0.2, 0) is 33.9 Å². The Kier molecular flexibility index (Phi) is 5.44. The second kappa shape index (κ2) is 8.75. The van der Waals surface area contributed by atoms with Gasteiger partial charge in [-0.25, -0.2) is 0 Å². The number of carbonyl (C=O) groups is 1. The number of allylic oxidation sites excluding steroid dienone is 1. The SMILES string of the molecule is O=C(C1=C[C@@H](c2ccc3c(c2)Cc2ccccc2-3)C[C@@H](OCc2ccc(CO)cc2)O1)N1CC1. The highest BCUT2D eigenvalue weighted by molar-refractivity contribution is 5.93. The van der Waals surface area contributed by atoms with Crippen LogP contribution in [0.25, 0.3) is 11.1 Å². The minimum absolute atomic E-state index is 0.0210. The molecule has 0 spiro atoms. The van der Waals surface area contributed by atoms with E-state index in [-0.39, 0.29) is 18.4 Å². The molecule has 2 aliphatic heterocycles. The second-order valence-corrected chi connectivity index (χ2v) is 9.25. The Morgan fingerprint density at radius 1 is 0.971 bits per heavy atom. The normalized spacial score (nSPS) is 20.3. The molecular formula is C29H27NO4. The van der Waals surface area contributed by atoms with Gasteiger partial charge in [0.1, 0.15) is 0 Å². The maximum absolute atomic E-state index is 12.8. The van der Waals surface area contributed by atoms with Crippen LogP contribution in [0.15, 0.2) is 78.6 Å². The highest BCUT2D eigenvalue weighted by atomic mass is 16.7. The molecule has 5 nitrogen and oxygen atoms in total. The van der Waals surface area contributed by atoms with Gasteiger partial charge in [0.2, 0.25) is 6.29 Å². The summed E-state index contributed by atoms with van der Waals surface area (Å²) in [6.07, 6.45) is 3.06. The van der Waals surface area contributed by atoms with E-state index >= 15 is 0 Å². The monoisotopic (exact) mass is 453 g/mol. The van der Waals surface area contributed by atoms with Crippen molar-refractivity contribution in [1.29, 1.82) is 0 Å². The number of aliphatic hydroxyl groups excluding tert-OH is 1. The minimum Gasteiger partial charge on any atom is -0.459 e. The maximum atomic E-state index is 12.8. The third-order valence-corrected chi connectivity index (χ3v) is 6.89. The van der Waals surface area contributed by atoms with Crippen LogP contribution in [0.5, 0.6) is 0 Å². The fraction of sp³-hybridized carbons (Fsp3) is 0.276. The number of amides is 1. The fourth-order valence-corrected chi connectivity index (χ4v) is 4.88. The molecule has 5 heteroatoms. The number of ether oxygens (including phenoxy) is 2. The standard InChI is InChI=1S/C29H27NO4/c31-17-19-5-7-20(8-6-19)18-33-28-16-23(15-27(34-28)29(32)30-11-12-30)21-9-10-26-24(13-21)14-22-3-1-2-4-25(22)26/h1-10,13,15,23,28,31H,11-12,14,16-18H2/t23-,28+/m1/s1. The van der Waals surface area contributed by atoms with Gasteiger partial charge in [-0.15, -0.1) is 0 Å². The summed E-state index contributed by atoms with van der Waals surface area (Å²) >= 11 is 0. The molecule has 6 rings (SSSR count). The molecule has 2 atom stereocenters. The first-order valence-corrected chi connectivity index (χ1v) is 11.9. The molecule has 3 aromatic rings. The minimum atomic E-state index is -0.503. The maximum Gasteiger partial charge on any atom is 0.288 e. The van der Waals surface area contributed by atoms with Crippen molar-refractivity contribution in [2.24, 2.45) is 0 Å². The van der Waals surface area contributed by atoms with Crippen molar-refractivity contribution in [3.05, 3.63) is 106 Å². The Bertz CT molecular complexity index is 1260. The molecule has 0 aromatic heterocycles. The van der Waals surface area contributed by atoms with Gasteiger partial charge in [0, 0.05) is 25.4 Å². The van der Waals surface area contributed by atoms with Crippen LogP contribution >= 0.6 is 0 Å². The average Bonchev–Trinajstić information content (AvgIpc) is 3.67. The summed E-state index contributed by atoms with van der Waals surface area (Å²) in [5.74, 6) is 0.376. The molecule has 0 radical (unpaired) electrons. The molecule has 0 unspecified atom stereocenters. The first-order chi connectivity index (χ1) is 16.7. The third kappa shape index (κ3) is 4.13. The van der Waals surface area contributed by atoms with Gasteiger partial charge in [0.15, 0.2) is 5.76 Å². The predicted octanol–water partition coefficient (Wildman–Crippen LogP) is 4.52. The van der Waals surface area contributed by atoms with Gasteiger partial charge >= 0.3 is 0 Å². The molecule has 1 N–H and O–H groups in total. The number of rotatable bonds is 6. The topological polar surface area (TPSA) is 58.8 Å². The summed E-state index contributed by atoms with van der Waals surface area (Å²) in [4.78, 5) is 14.6. The second-order valence-electron chi connectivity index (χ2n) is 9.25. The fourth-order valence-electron chi connectivity index (χ4n) is 4.88. The van der Waals surface area contributed by atoms with Crippen molar-refractivity contribution >= 4 is 5.91 Å². The molecule has 1 amide bonds. The largest absolute Gasteiger partial charge is 0.459 e. The zero-order valence-corrected chi connectivity index (χ0v) is 18.9. The van der Waals surface area contributed by atoms with Crippen LogP contribution in [0.1, 0.15) is 40.2 Å².